The summed E-state index contributed by atoms with van der Waals surface area (Å²) in [6.07, 6.45) is -4.52. The maximum atomic E-state index is 14.4. The summed E-state index contributed by atoms with van der Waals surface area (Å²) >= 11 is 5.79. The van der Waals surface area contributed by atoms with Crippen LogP contribution in [0.3, 0.4) is 0 Å². The Balaban J connectivity index is 2.21. The number of ether oxygens (including phenoxy) is 1. The molecule has 0 unspecified atom stereocenters. The van der Waals surface area contributed by atoms with Crippen molar-refractivity contribution in [3.05, 3.63) is 63.9 Å². The topological polar surface area (TPSA) is 85.7 Å². The van der Waals surface area contributed by atoms with Gasteiger partial charge in [-0.25, -0.2) is 10.2 Å². The Kier molecular flexibility index (Phi) is 5.70. The maximum Gasteiger partial charge on any atom is 0.416 e. The molecule has 2 aromatic rings. The monoisotopic (exact) mass is 376 g/mol. The molecule has 0 amide bonds. The van der Waals surface area contributed by atoms with E-state index >= 15 is 0 Å². The summed E-state index contributed by atoms with van der Waals surface area (Å²) in [6, 6.07) is 6.98. The van der Waals surface area contributed by atoms with Gasteiger partial charge in [0.1, 0.15) is 18.2 Å². The lowest BCUT2D eigenvalue weighted by Crippen LogP contribution is -2.33. The second-order valence-corrected chi connectivity index (χ2v) is 5.24. The first-order valence-electron chi connectivity index (χ1n) is 6.79. The smallest absolute Gasteiger partial charge is 0.416 e. The van der Waals surface area contributed by atoms with Crippen molar-refractivity contribution in [2.45, 2.75) is 12.8 Å². The Morgan fingerprint density at radius 3 is 2.52 bits per heavy atom. The number of benzene rings is 2. The second kappa shape index (κ2) is 7.58. The number of alkyl halides is 3. The standard InChI is InChI=1S/C15H13ClF4N4O/c16-11-6-9(15(18,19)20)4-5-12(11)25-7-8-2-1-3-10(13(8)17)14(23-21)24-22/h1-6H,7,21-22H2,(H,23,24). The molecular formula is C15H13ClF4N4O. The van der Waals surface area contributed by atoms with E-state index in [0.717, 1.165) is 18.2 Å². The summed E-state index contributed by atoms with van der Waals surface area (Å²) in [5, 5.41) is 3.08. The zero-order valence-corrected chi connectivity index (χ0v) is 13.3. The molecule has 0 saturated heterocycles. The van der Waals surface area contributed by atoms with Gasteiger partial charge in [-0.3, -0.25) is 0 Å². The van der Waals surface area contributed by atoms with E-state index in [4.69, 9.17) is 28.0 Å². The van der Waals surface area contributed by atoms with Crippen LogP contribution in [0.4, 0.5) is 17.6 Å². The molecule has 0 fully saturated rings. The summed E-state index contributed by atoms with van der Waals surface area (Å²) in [5.41, 5.74) is 1.38. The molecule has 0 radical (unpaired) electrons. The van der Waals surface area contributed by atoms with Crippen LogP contribution in [0.25, 0.3) is 0 Å². The van der Waals surface area contributed by atoms with Crippen LogP contribution in [0.5, 0.6) is 5.75 Å². The molecule has 134 valence electrons. The van der Waals surface area contributed by atoms with Crippen LogP contribution in [-0.2, 0) is 12.8 Å². The van der Waals surface area contributed by atoms with Gasteiger partial charge in [-0.15, -0.1) is 0 Å². The van der Waals surface area contributed by atoms with Crippen LogP contribution >= 0.6 is 11.6 Å². The van der Waals surface area contributed by atoms with E-state index in [0.29, 0.717) is 0 Å². The van der Waals surface area contributed by atoms with Gasteiger partial charge in [0, 0.05) is 5.56 Å². The van der Waals surface area contributed by atoms with Crippen LogP contribution in [0, 0.1) is 5.82 Å². The lowest BCUT2D eigenvalue weighted by molar-refractivity contribution is -0.137. The Bertz CT molecular complexity index is 796. The molecule has 25 heavy (non-hydrogen) atoms. The normalized spacial score (nSPS) is 12.2. The number of hydrogen-bond acceptors (Lipinski definition) is 4. The highest BCUT2D eigenvalue weighted by molar-refractivity contribution is 6.32. The van der Waals surface area contributed by atoms with E-state index in [1.165, 1.54) is 18.2 Å². The third-order valence-corrected chi connectivity index (χ3v) is 3.54. The molecular weight excluding hydrogens is 364 g/mol. The van der Waals surface area contributed by atoms with E-state index in [-0.39, 0.29) is 34.3 Å². The fraction of sp³-hybridized carbons (Fsp3) is 0.133. The van der Waals surface area contributed by atoms with E-state index in [2.05, 4.69) is 10.5 Å². The minimum atomic E-state index is -4.52. The average Bonchev–Trinajstić information content (AvgIpc) is 2.56. The minimum absolute atomic E-state index is 0.0101. The zero-order chi connectivity index (χ0) is 18.6. The number of nitrogens with one attached hydrogen (secondary N) is 1. The Labute approximate surface area is 145 Å². The van der Waals surface area contributed by atoms with Crippen LogP contribution in [-0.4, -0.2) is 5.84 Å². The average molecular weight is 377 g/mol. The van der Waals surface area contributed by atoms with Gasteiger partial charge in [0.25, 0.3) is 0 Å². The highest BCUT2D eigenvalue weighted by atomic mass is 35.5. The second-order valence-electron chi connectivity index (χ2n) is 4.83. The van der Waals surface area contributed by atoms with Gasteiger partial charge in [0.15, 0.2) is 5.84 Å². The number of nitrogens with zero attached hydrogens (tertiary/aromatic N) is 1. The third kappa shape index (κ3) is 4.31. The summed E-state index contributed by atoms with van der Waals surface area (Å²) in [7, 11) is 0. The molecule has 0 atom stereocenters. The van der Waals surface area contributed by atoms with Crippen LogP contribution in [0.1, 0.15) is 16.7 Å². The number of hydrazine groups is 1. The molecule has 0 aliphatic rings. The highest BCUT2D eigenvalue weighted by Gasteiger charge is 2.31. The number of amidine groups is 1. The summed E-state index contributed by atoms with van der Waals surface area (Å²) in [4.78, 5) is 0. The predicted octanol–water partition coefficient (Wildman–Crippen LogP) is 3.16. The van der Waals surface area contributed by atoms with Gasteiger partial charge >= 0.3 is 6.18 Å². The van der Waals surface area contributed by atoms with E-state index in [1.807, 2.05) is 0 Å². The SMILES string of the molecule is N/N=C(\NN)c1cccc(COc2ccc(C(F)(F)F)cc2Cl)c1F. The molecule has 5 N–H and O–H groups in total. The molecule has 0 aliphatic carbocycles. The van der Waals surface area contributed by atoms with Crippen LogP contribution in [0.2, 0.25) is 5.02 Å². The summed E-state index contributed by atoms with van der Waals surface area (Å²) in [6.45, 7) is -0.271. The minimum Gasteiger partial charge on any atom is -0.487 e. The third-order valence-electron chi connectivity index (χ3n) is 3.24. The summed E-state index contributed by atoms with van der Waals surface area (Å²) < 4.78 is 57.5. The Hall–Kier alpha value is -2.52. The molecule has 0 aliphatic heterocycles. The Morgan fingerprint density at radius 1 is 1.24 bits per heavy atom. The van der Waals surface area contributed by atoms with E-state index in [1.54, 1.807) is 0 Å². The van der Waals surface area contributed by atoms with Crippen molar-refractivity contribution in [3.63, 3.8) is 0 Å². The molecule has 2 rings (SSSR count). The number of hydrazone groups is 1. The molecule has 10 heteroatoms. The van der Waals surface area contributed by atoms with Crippen molar-refractivity contribution in [2.24, 2.45) is 16.8 Å². The molecule has 2 aromatic carbocycles. The number of nitrogens with two attached hydrogens (primary N) is 2. The van der Waals surface area contributed by atoms with E-state index in [9.17, 15) is 17.6 Å². The van der Waals surface area contributed by atoms with Gasteiger partial charge in [-0.2, -0.15) is 18.3 Å². The molecule has 0 spiro atoms. The Morgan fingerprint density at radius 2 is 1.96 bits per heavy atom. The molecule has 0 bridgehead atoms. The number of halogens is 5. The first-order valence-corrected chi connectivity index (χ1v) is 7.17. The number of rotatable bonds is 4. The molecule has 0 saturated carbocycles. The highest BCUT2D eigenvalue weighted by Crippen LogP contribution is 2.35. The van der Waals surface area contributed by atoms with Crippen molar-refractivity contribution in [3.8, 4) is 5.75 Å². The van der Waals surface area contributed by atoms with Crippen LogP contribution < -0.4 is 21.8 Å². The van der Waals surface area contributed by atoms with Crippen molar-refractivity contribution >= 4 is 17.4 Å². The molecule has 0 heterocycles. The predicted molar refractivity (Wildman–Crippen MR) is 85.2 cm³/mol. The van der Waals surface area contributed by atoms with Gasteiger partial charge < -0.3 is 16.0 Å². The van der Waals surface area contributed by atoms with Gasteiger partial charge in [-0.1, -0.05) is 23.7 Å². The molecule has 0 aromatic heterocycles. The van der Waals surface area contributed by atoms with Crippen molar-refractivity contribution in [1.82, 2.24) is 5.43 Å². The van der Waals surface area contributed by atoms with Crippen molar-refractivity contribution in [2.75, 3.05) is 0 Å². The molecule has 5 nitrogen and oxygen atoms in total. The summed E-state index contributed by atoms with van der Waals surface area (Å²) in [5.74, 6) is 9.53. The fourth-order valence-electron chi connectivity index (χ4n) is 2.01. The van der Waals surface area contributed by atoms with E-state index < -0.39 is 17.6 Å². The zero-order valence-electron chi connectivity index (χ0n) is 12.6. The van der Waals surface area contributed by atoms with Gasteiger partial charge in [0.05, 0.1) is 16.1 Å². The lowest BCUT2D eigenvalue weighted by Gasteiger charge is -2.13. The number of hydrogen-bond donors (Lipinski definition) is 3. The first kappa shape index (κ1) is 18.8. The van der Waals surface area contributed by atoms with Crippen molar-refractivity contribution in [1.29, 1.82) is 0 Å². The quantitative estimate of drug-likeness (QED) is 0.251. The fourth-order valence-corrected chi connectivity index (χ4v) is 2.24. The van der Waals surface area contributed by atoms with Gasteiger partial charge in [0.2, 0.25) is 0 Å². The maximum absolute atomic E-state index is 14.4. The largest absolute Gasteiger partial charge is 0.487 e. The van der Waals surface area contributed by atoms with Crippen molar-refractivity contribution < 1.29 is 22.3 Å². The van der Waals surface area contributed by atoms with Crippen LogP contribution in [0.15, 0.2) is 41.5 Å². The first-order chi connectivity index (χ1) is 11.8. The van der Waals surface area contributed by atoms with Gasteiger partial charge in [-0.05, 0) is 24.3 Å². The lowest BCUT2D eigenvalue weighted by atomic mass is 10.1.